The van der Waals surface area contributed by atoms with E-state index in [1.807, 2.05) is 0 Å². The van der Waals surface area contributed by atoms with Crippen molar-refractivity contribution in [1.29, 1.82) is 0 Å². The van der Waals surface area contributed by atoms with Crippen LogP contribution in [0.1, 0.15) is 6.42 Å². The minimum absolute atomic E-state index is 0. The highest BCUT2D eigenvalue weighted by Gasteiger charge is 2.58. The molecule has 0 aromatic heterocycles. The number of halogens is 2. The van der Waals surface area contributed by atoms with Gasteiger partial charge in [0, 0.05) is 25.8 Å². The number of nitrogens with zero attached hydrogens (tertiary/aromatic N) is 2. The van der Waals surface area contributed by atoms with Crippen LogP contribution in [0, 0.1) is 29.5 Å². The first-order valence-corrected chi connectivity index (χ1v) is 10.0. The number of amides is 3. The van der Waals surface area contributed by atoms with Crippen molar-refractivity contribution in [2.24, 2.45) is 28.7 Å². The molecule has 166 valence electrons. The monoisotopic (exact) mass is 541 g/mol. The van der Waals surface area contributed by atoms with Crippen LogP contribution in [0.5, 0.6) is 0 Å². The Hall–Kier alpha value is -2.50. The van der Waals surface area contributed by atoms with Crippen LogP contribution in [0.4, 0.5) is 10.1 Å². The van der Waals surface area contributed by atoms with Gasteiger partial charge in [0.1, 0.15) is 5.82 Å². The van der Waals surface area contributed by atoms with Gasteiger partial charge in [-0.25, -0.2) is 4.39 Å². The predicted octanol–water partition coefficient (Wildman–Crippen LogP) is 1.35. The standard InChI is InChI=1S/C21H24FN5O3.HI/c1-23-21(25-11-16(28)26-15-4-2-3-14(22)10-15)24-7-8-27-19(29)17-12-5-6-13(9-12)18(17)20(27)30;/h2-6,10,12-13,17-18H,7-9,11H2,1H3,(H,26,28)(H2,23,24,25);1H. The smallest absolute Gasteiger partial charge is 0.243 e. The maximum absolute atomic E-state index is 13.2. The number of fused-ring (bicyclic) bond motifs is 5. The zero-order valence-electron chi connectivity index (χ0n) is 17.0. The molecule has 1 saturated carbocycles. The van der Waals surface area contributed by atoms with Gasteiger partial charge in [-0.05, 0) is 36.5 Å². The summed E-state index contributed by atoms with van der Waals surface area (Å²) in [5.41, 5.74) is 0.366. The molecule has 1 aliphatic heterocycles. The number of anilines is 1. The van der Waals surface area contributed by atoms with Gasteiger partial charge in [-0.1, -0.05) is 18.2 Å². The van der Waals surface area contributed by atoms with E-state index in [0.717, 1.165) is 6.42 Å². The second kappa shape index (κ2) is 9.75. The Morgan fingerprint density at radius 1 is 1.16 bits per heavy atom. The zero-order chi connectivity index (χ0) is 21.3. The number of aliphatic imine (C=N–C) groups is 1. The van der Waals surface area contributed by atoms with Gasteiger partial charge in [0.05, 0.1) is 18.4 Å². The van der Waals surface area contributed by atoms with Crippen molar-refractivity contribution in [2.45, 2.75) is 6.42 Å². The third-order valence-corrected chi connectivity index (χ3v) is 5.94. The topological polar surface area (TPSA) is 103 Å². The lowest BCUT2D eigenvalue weighted by Gasteiger charge is -2.18. The Kier molecular flexibility index (Phi) is 7.29. The summed E-state index contributed by atoms with van der Waals surface area (Å²) < 4.78 is 13.2. The van der Waals surface area contributed by atoms with Crippen LogP contribution in [0.25, 0.3) is 0 Å². The molecule has 0 spiro atoms. The van der Waals surface area contributed by atoms with Crippen LogP contribution >= 0.6 is 24.0 Å². The second-order valence-electron chi connectivity index (χ2n) is 7.74. The molecule has 1 heterocycles. The van der Waals surface area contributed by atoms with Crippen LogP contribution in [0.15, 0.2) is 41.4 Å². The molecule has 1 saturated heterocycles. The SMILES string of the molecule is CN=C(NCCN1C(=O)C2C3C=CC(C3)C2C1=O)NCC(=O)Nc1cccc(F)c1.I. The lowest BCUT2D eigenvalue weighted by Crippen LogP contribution is -2.45. The third kappa shape index (κ3) is 4.73. The molecule has 3 N–H and O–H groups in total. The average molecular weight is 541 g/mol. The van der Waals surface area contributed by atoms with E-state index in [1.54, 1.807) is 13.1 Å². The normalized spacial score (nSPS) is 26.0. The Morgan fingerprint density at radius 3 is 2.45 bits per heavy atom. The van der Waals surface area contributed by atoms with Crippen LogP contribution in [-0.2, 0) is 14.4 Å². The predicted molar refractivity (Wildman–Crippen MR) is 124 cm³/mol. The summed E-state index contributed by atoms with van der Waals surface area (Å²) in [6.45, 7) is 0.502. The van der Waals surface area contributed by atoms with Crippen LogP contribution in [0.2, 0.25) is 0 Å². The van der Waals surface area contributed by atoms with Gasteiger partial charge in [0.25, 0.3) is 0 Å². The summed E-state index contributed by atoms with van der Waals surface area (Å²) in [6, 6.07) is 5.63. The van der Waals surface area contributed by atoms with E-state index in [2.05, 4.69) is 33.1 Å². The van der Waals surface area contributed by atoms with Crippen LogP contribution in [0.3, 0.4) is 0 Å². The number of guanidine groups is 1. The van der Waals surface area contributed by atoms with E-state index in [0.29, 0.717) is 18.2 Å². The van der Waals surface area contributed by atoms with Crippen molar-refractivity contribution in [3.05, 3.63) is 42.2 Å². The molecule has 31 heavy (non-hydrogen) atoms. The van der Waals surface area contributed by atoms with Crippen molar-refractivity contribution in [3.63, 3.8) is 0 Å². The van der Waals surface area contributed by atoms with Gasteiger partial charge in [-0.3, -0.25) is 24.3 Å². The van der Waals surface area contributed by atoms with Crippen molar-refractivity contribution >= 4 is 53.3 Å². The molecule has 4 rings (SSSR count). The molecule has 4 unspecified atom stereocenters. The summed E-state index contributed by atoms with van der Waals surface area (Å²) in [6.07, 6.45) is 5.05. The number of likely N-dealkylation sites (tertiary alicyclic amines) is 1. The highest BCUT2D eigenvalue weighted by Crippen LogP contribution is 2.52. The number of hydrogen-bond donors (Lipinski definition) is 3. The Morgan fingerprint density at radius 2 is 1.84 bits per heavy atom. The first-order valence-electron chi connectivity index (χ1n) is 10.0. The van der Waals surface area contributed by atoms with E-state index in [-0.39, 0.29) is 78.5 Å². The summed E-state index contributed by atoms with van der Waals surface area (Å²) in [4.78, 5) is 42.7. The first-order chi connectivity index (χ1) is 14.5. The van der Waals surface area contributed by atoms with Gasteiger partial charge >= 0.3 is 0 Å². The highest BCUT2D eigenvalue weighted by atomic mass is 127. The number of hydrogen-bond acceptors (Lipinski definition) is 4. The molecule has 2 bridgehead atoms. The lowest BCUT2D eigenvalue weighted by molar-refractivity contribution is -0.140. The number of imide groups is 1. The quantitative estimate of drug-likeness (QED) is 0.166. The van der Waals surface area contributed by atoms with E-state index < -0.39 is 5.82 Å². The molecule has 3 amide bonds. The van der Waals surface area contributed by atoms with Crippen molar-refractivity contribution in [1.82, 2.24) is 15.5 Å². The zero-order valence-corrected chi connectivity index (χ0v) is 19.3. The Bertz CT molecular complexity index is 907. The number of nitrogens with one attached hydrogen (secondary N) is 3. The largest absolute Gasteiger partial charge is 0.355 e. The molecule has 1 aromatic rings. The van der Waals surface area contributed by atoms with Crippen molar-refractivity contribution in [2.75, 3.05) is 32.0 Å². The second-order valence-corrected chi connectivity index (χ2v) is 7.74. The van der Waals surface area contributed by atoms with Gasteiger partial charge in [0.2, 0.25) is 17.7 Å². The van der Waals surface area contributed by atoms with E-state index in [4.69, 9.17) is 0 Å². The average Bonchev–Trinajstić information content (AvgIpc) is 3.40. The fraction of sp³-hybridized carbons (Fsp3) is 0.429. The van der Waals surface area contributed by atoms with E-state index in [1.165, 1.54) is 23.1 Å². The summed E-state index contributed by atoms with van der Waals surface area (Å²) in [5.74, 6) is -0.595. The number of carbonyl (C=O) groups excluding carboxylic acids is 3. The van der Waals surface area contributed by atoms with Crippen molar-refractivity contribution in [3.8, 4) is 0 Å². The molecule has 4 atom stereocenters. The first kappa shape index (κ1) is 23.2. The summed E-state index contributed by atoms with van der Waals surface area (Å²) in [7, 11) is 1.56. The molecule has 2 fully saturated rings. The highest BCUT2D eigenvalue weighted by molar-refractivity contribution is 14.0. The molecule has 10 heteroatoms. The summed E-state index contributed by atoms with van der Waals surface area (Å²) in [5, 5.41) is 8.44. The maximum Gasteiger partial charge on any atom is 0.243 e. The van der Waals surface area contributed by atoms with Crippen molar-refractivity contribution < 1.29 is 18.8 Å². The molecule has 1 aromatic carbocycles. The minimum Gasteiger partial charge on any atom is -0.355 e. The number of benzene rings is 1. The van der Waals surface area contributed by atoms with Gasteiger partial charge in [0.15, 0.2) is 5.96 Å². The maximum atomic E-state index is 13.2. The summed E-state index contributed by atoms with van der Waals surface area (Å²) >= 11 is 0. The number of carbonyl (C=O) groups is 3. The lowest BCUT2D eigenvalue weighted by atomic mass is 9.85. The molecule has 2 aliphatic carbocycles. The van der Waals surface area contributed by atoms with Gasteiger partial charge in [-0.15, -0.1) is 24.0 Å². The third-order valence-electron chi connectivity index (χ3n) is 5.94. The number of rotatable bonds is 6. The van der Waals surface area contributed by atoms with E-state index in [9.17, 15) is 18.8 Å². The van der Waals surface area contributed by atoms with Crippen LogP contribution in [-0.4, -0.2) is 55.3 Å². The molecule has 0 radical (unpaired) electrons. The Balaban J connectivity index is 0.00000272. The van der Waals surface area contributed by atoms with Gasteiger partial charge in [-0.2, -0.15) is 0 Å². The molecular formula is C21H25FIN5O3. The Labute approximate surface area is 196 Å². The molecular weight excluding hydrogens is 516 g/mol. The fourth-order valence-corrected chi connectivity index (χ4v) is 4.63. The number of allylic oxidation sites excluding steroid dienone is 2. The minimum atomic E-state index is -0.433. The molecule has 8 nitrogen and oxygen atoms in total. The van der Waals surface area contributed by atoms with Crippen LogP contribution < -0.4 is 16.0 Å². The van der Waals surface area contributed by atoms with Gasteiger partial charge < -0.3 is 16.0 Å². The fourth-order valence-electron chi connectivity index (χ4n) is 4.63. The van der Waals surface area contributed by atoms with E-state index >= 15 is 0 Å². The molecule has 3 aliphatic rings.